The molecule has 2 N–H and O–H groups in total. The van der Waals surface area contributed by atoms with Gasteiger partial charge in [-0.05, 0) is 56.0 Å². The molecule has 1 atom stereocenters. The molecule has 1 amide bonds. The summed E-state index contributed by atoms with van der Waals surface area (Å²) in [7, 11) is 0. The molecule has 0 radical (unpaired) electrons. The van der Waals surface area contributed by atoms with Crippen LogP contribution >= 0.6 is 0 Å². The quantitative estimate of drug-likeness (QED) is 0.670. The lowest BCUT2D eigenvalue weighted by Gasteiger charge is -2.27. The number of amidine groups is 1. The first-order valence-corrected chi connectivity index (χ1v) is 10.8. The van der Waals surface area contributed by atoms with Gasteiger partial charge in [0.2, 0.25) is 5.96 Å². The third-order valence-corrected chi connectivity index (χ3v) is 5.78. The van der Waals surface area contributed by atoms with Crippen molar-refractivity contribution in [2.75, 3.05) is 39.3 Å². The predicted molar refractivity (Wildman–Crippen MR) is 117 cm³/mol. The second-order valence-corrected chi connectivity index (χ2v) is 7.91. The number of amides is 1. The number of hydrogen-bond donors (Lipinski definition) is 2. The molecule has 160 valence electrons. The number of aryl methyl sites for hydroxylation is 2. The molecule has 30 heavy (non-hydrogen) atoms. The fourth-order valence-electron chi connectivity index (χ4n) is 4.00. The minimum atomic E-state index is -0.549. The Bertz CT molecular complexity index is 872. The topological polar surface area (TPSA) is 97.1 Å². The molecule has 1 saturated heterocycles. The number of nitrogens with zero attached hydrogens (tertiary/aromatic N) is 6. The molecule has 9 nitrogen and oxygen atoms in total. The number of fused-ring (bicyclic) bond motifs is 1. The van der Waals surface area contributed by atoms with Crippen LogP contribution in [0, 0.1) is 6.92 Å². The number of carbonyl (C=O) groups excluding carboxylic acids is 1. The van der Waals surface area contributed by atoms with Crippen LogP contribution in [0.2, 0.25) is 0 Å². The summed E-state index contributed by atoms with van der Waals surface area (Å²) in [5.74, 6) is 0.521. The molecular weight excluding hydrogens is 380 g/mol. The van der Waals surface area contributed by atoms with Crippen LogP contribution in [-0.4, -0.2) is 72.9 Å². The standard InChI is InChI=1S/C21H30N8O/c1-3-16-14-17(7-6-15(16)2)23-21-24-19-18(20(30)25-21)29(27-26-19)11-5-4-10-28-12-8-22-9-13-28/h6-7,14,18,22H,3-5,8-13H2,1-2H3,(H,23,25,30). The molecule has 0 saturated carbocycles. The van der Waals surface area contributed by atoms with Gasteiger partial charge in [-0.2, -0.15) is 4.99 Å². The van der Waals surface area contributed by atoms with Crippen molar-refractivity contribution in [2.24, 2.45) is 20.3 Å². The number of aliphatic imine (C=N–C) groups is 2. The maximum atomic E-state index is 12.7. The van der Waals surface area contributed by atoms with Crippen LogP contribution in [0.5, 0.6) is 0 Å². The van der Waals surface area contributed by atoms with E-state index in [1.54, 1.807) is 5.01 Å². The molecule has 3 heterocycles. The monoisotopic (exact) mass is 410 g/mol. The van der Waals surface area contributed by atoms with Gasteiger partial charge in [0, 0.05) is 32.7 Å². The number of rotatable bonds is 7. The summed E-state index contributed by atoms with van der Waals surface area (Å²) in [5.41, 5.74) is 3.24. The van der Waals surface area contributed by atoms with Crippen LogP contribution in [0.3, 0.4) is 0 Å². The molecule has 4 rings (SSSR count). The van der Waals surface area contributed by atoms with Crippen molar-refractivity contribution in [2.45, 2.75) is 39.2 Å². The van der Waals surface area contributed by atoms with Crippen molar-refractivity contribution >= 4 is 23.4 Å². The molecule has 0 spiro atoms. The molecule has 1 aromatic rings. The van der Waals surface area contributed by atoms with Crippen LogP contribution in [-0.2, 0) is 11.2 Å². The zero-order valence-corrected chi connectivity index (χ0v) is 17.8. The van der Waals surface area contributed by atoms with E-state index in [0.717, 1.165) is 57.7 Å². The molecule has 3 aliphatic rings. The van der Waals surface area contributed by atoms with Crippen LogP contribution in [0.1, 0.15) is 30.9 Å². The molecule has 0 bridgehead atoms. The fourth-order valence-corrected chi connectivity index (χ4v) is 4.00. The lowest BCUT2D eigenvalue weighted by Crippen LogP contribution is -2.51. The van der Waals surface area contributed by atoms with E-state index < -0.39 is 6.04 Å². The van der Waals surface area contributed by atoms with Gasteiger partial charge >= 0.3 is 0 Å². The van der Waals surface area contributed by atoms with E-state index >= 15 is 0 Å². The van der Waals surface area contributed by atoms with Crippen molar-refractivity contribution in [3.05, 3.63) is 29.3 Å². The van der Waals surface area contributed by atoms with Gasteiger partial charge in [0.25, 0.3) is 5.91 Å². The van der Waals surface area contributed by atoms with E-state index in [1.807, 2.05) is 18.2 Å². The Morgan fingerprint density at radius 2 is 2.00 bits per heavy atom. The van der Waals surface area contributed by atoms with E-state index in [-0.39, 0.29) is 11.9 Å². The number of piperazine rings is 1. The van der Waals surface area contributed by atoms with Crippen molar-refractivity contribution < 1.29 is 4.79 Å². The number of guanidine groups is 1. The summed E-state index contributed by atoms with van der Waals surface area (Å²) in [6.07, 6.45) is 2.97. The molecular formula is C21H30N8O. The normalized spacial score (nSPS) is 22.9. The van der Waals surface area contributed by atoms with Crippen LogP contribution < -0.4 is 10.6 Å². The molecule has 0 aliphatic carbocycles. The summed E-state index contributed by atoms with van der Waals surface area (Å²) >= 11 is 0. The van der Waals surface area contributed by atoms with Gasteiger partial charge in [0.05, 0.1) is 5.69 Å². The van der Waals surface area contributed by atoms with E-state index in [1.165, 1.54) is 11.1 Å². The predicted octanol–water partition coefficient (Wildman–Crippen LogP) is 1.81. The largest absolute Gasteiger partial charge is 0.314 e. The SMILES string of the molecule is CCc1cc(N=C2N=C3N=NN(CCCCN4CCNCC4)C3C(=O)N2)ccc1C. The lowest BCUT2D eigenvalue weighted by molar-refractivity contribution is -0.122. The highest BCUT2D eigenvalue weighted by Gasteiger charge is 2.39. The highest BCUT2D eigenvalue weighted by atomic mass is 16.2. The summed E-state index contributed by atoms with van der Waals surface area (Å²) in [6, 6.07) is 5.45. The third kappa shape index (κ3) is 4.73. The highest BCUT2D eigenvalue weighted by molar-refractivity contribution is 6.20. The first kappa shape index (κ1) is 20.6. The zero-order valence-electron chi connectivity index (χ0n) is 17.8. The van der Waals surface area contributed by atoms with Gasteiger partial charge in [0.15, 0.2) is 11.9 Å². The Balaban J connectivity index is 1.35. The summed E-state index contributed by atoms with van der Waals surface area (Å²) in [6.45, 7) is 10.3. The summed E-state index contributed by atoms with van der Waals surface area (Å²) in [4.78, 5) is 24.1. The Kier molecular flexibility index (Phi) is 6.49. The van der Waals surface area contributed by atoms with Gasteiger partial charge < -0.3 is 10.2 Å². The maximum absolute atomic E-state index is 12.7. The van der Waals surface area contributed by atoms with E-state index in [2.05, 4.69) is 49.7 Å². The van der Waals surface area contributed by atoms with Gasteiger partial charge in [-0.15, -0.1) is 5.11 Å². The van der Waals surface area contributed by atoms with Crippen molar-refractivity contribution in [3.8, 4) is 0 Å². The Hall–Kier alpha value is -2.65. The number of unbranched alkanes of at least 4 members (excludes halogenated alkanes) is 1. The highest BCUT2D eigenvalue weighted by Crippen LogP contribution is 2.21. The van der Waals surface area contributed by atoms with E-state index in [0.29, 0.717) is 12.4 Å². The van der Waals surface area contributed by atoms with Gasteiger partial charge in [0.1, 0.15) is 0 Å². The van der Waals surface area contributed by atoms with Gasteiger partial charge in [-0.25, -0.2) is 4.99 Å². The van der Waals surface area contributed by atoms with Crippen LogP contribution in [0.15, 0.2) is 38.5 Å². The van der Waals surface area contributed by atoms with Crippen molar-refractivity contribution in [1.29, 1.82) is 0 Å². The summed E-state index contributed by atoms with van der Waals surface area (Å²) in [5, 5.41) is 16.2. The Morgan fingerprint density at radius 1 is 1.20 bits per heavy atom. The second kappa shape index (κ2) is 9.44. The second-order valence-electron chi connectivity index (χ2n) is 7.91. The Labute approximate surface area is 177 Å². The first-order valence-electron chi connectivity index (χ1n) is 10.8. The van der Waals surface area contributed by atoms with Gasteiger partial charge in [-0.3, -0.25) is 15.1 Å². The minimum absolute atomic E-state index is 0.173. The number of benzene rings is 1. The van der Waals surface area contributed by atoms with Crippen molar-refractivity contribution in [3.63, 3.8) is 0 Å². The molecule has 3 aliphatic heterocycles. The fraction of sp³-hybridized carbons (Fsp3) is 0.571. The van der Waals surface area contributed by atoms with Crippen molar-refractivity contribution in [1.82, 2.24) is 20.5 Å². The number of hydrogen-bond acceptors (Lipinski definition) is 7. The minimum Gasteiger partial charge on any atom is -0.314 e. The lowest BCUT2D eigenvalue weighted by atomic mass is 10.1. The third-order valence-electron chi connectivity index (χ3n) is 5.78. The number of nitrogens with one attached hydrogen (secondary N) is 2. The average Bonchev–Trinajstić information content (AvgIpc) is 3.17. The average molecular weight is 411 g/mol. The number of carbonyl (C=O) groups is 1. The smallest absolute Gasteiger partial charge is 0.259 e. The van der Waals surface area contributed by atoms with E-state index in [4.69, 9.17) is 0 Å². The molecule has 1 aromatic carbocycles. The molecule has 1 fully saturated rings. The molecule has 1 unspecified atom stereocenters. The molecule has 0 aromatic heterocycles. The van der Waals surface area contributed by atoms with Gasteiger partial charge in [-0.1, -0.05) is 18.2 Å². The van der Waals surface area contributed by atoms with Crippen LogP contribution in [0.25, 0.3) is 0 Å². The van der Waals surface area contributed by atoms with Crippen LogP contribution in [0.4, 0.5) is 5.69 Å². The Morgan fingerprint density at radius 3 is 2.80 bits per heavy atom. The summed E-state index contributed by atoms with van der Waals surface area (Å²) < 4.78 is 0. The zero-order chi connectivity index (χ0) is 20.9. The first-order chi connectivity index (χ1) is 14.6. The van der Waals surface area contributed by atoms with E-state index in [9.17, 15) is 4.79 Å². The molecule has 9 heteroatoms. The maximum Gasteiger partial charge on any atom is 0.259 e.